The first-order chi connectivity index (χ1) is 13.2. The Morgan fingerprint density at radius 1 is 1.11 bits per heavy atom. The molecule has 1 saturated heterocycles. The molecule has 1 amide bonds. The fourth-order valence-electron chi connectivity index (χ4n) is 3.90. The van der Waals surface area contributed by atoms with Crippen LogP contribution in [0.1, 0.15) is 48.9 Å². The van der Waals surface area contributed by atoms with Crippen molar-refractivity contribution in [3.8, 4) is 5.75 Å². The molecule has 2 fully saturated rings. The van der Waals surface area contributed by atoms with E-state index in [4.69, 9.17) is 9.47 Å². The molecule has 27 heavy (non-hydrogen) atoms. The van der Waals surface area contributed by atoms with Gasteiger partial charge in [-0.1, -0.05) is 6.07 Å². The maximum absolute atomic E-state index is 12.6. The van der Waals surface area contributed by atoms with Crippen LogP contribution in [-0.4, -0.2) is 44.7 Å². The number of rotatable bonds is 6. The number of esters is 1. The number of carbonyl (C=O) groups is 2. The van der Waals surface area contributed by atoms with Gasteiger partial charge in [0.15, 0.2) is 0 Å². The molecule has 0 atom stereocenters. The summed E-state index contributed by atoms with van der Waals surface area (Å²) >= 11 is 0. The third-order valence-electron chi connectivity index (χ3n) is 5.64. The van der Waals surface area contributed by atoms with E-state index >= 15 is 0 Å². The number of amides is 1. The summed E-state index contributed by atoms with van der Waals surface area (Å²) in [6.07, 6.45) is 5.39. The van der Waals surface area contributed by atoms with E-state index in [9.17, 15) is 9.59 Å². The van der Waals surface area contributed by atoms with Crippen LogP contribution in [-0.2, 0) is 9.53 Å². The molecule has 0 aromatic heterocycles. The lowest BCUT2D eigenvalue weighted by Gasteiger charge is -2.27. The van der Waals surface area contributed by atoms with E-state index < -0.39 is 0 Å². The van der Waals surface area contributed by atoms with E-state index in [2.05, 4.69) is 10.6 Å². The van der Waals surface area contributed by atoms with Crippen molar-refractivity contribution in [2.24, 2.45) is 11.8 Å². The van der Waals surface area contributed by atoms with E-state index in [1.165, 1.54) is 7.11 Å². The molecule has 1 saturated carbocycles. The first-order valence-electron chi connectivity index (χ1n) is 9.98. The van der Waals surface area contributed by atoms with E-state index in [1.54, 1.807) is 0 Å². The second-order valence-corrected chi connectivity index (χ2v) is 7.58. The molecule has 0 radical (unpaired) electrons. The van der Waals surface area contributed by atoms with Crippen molar-refractivity contribution in [3.63, 3.8) is 0 Å². The number of carbonyl (C=O) groups excluding carboxylic acids is 2. The van der Waals surface area contributed by atoms with Crippen molar-refractivity contribution < 1.29 is 19.1 Å². The number of hydrogen-bond acceptors (Lipinski definition) is 5. The lowest BCUT2D eigenvalue weighted by atomic mass is 9.86. The third kappa shape index (κ3) is 5.70. The normalized spacial score (nSPS) is 23.4. The van der Waals surface area contributed by atoms with Gasteiger partial charge in [0.2, 0.25) is 0 Å². The summed E-state index contributed by atoms with van der Waals surface area (Å²) in [4.78, 5) is 24.2. The largest absolute Gasteiger partial charge is 0.493 e. The zero-order chi connectivity index (χ0) is 19.1. The highest BCUT2D eigenvalue weighted by molar-refractivity contribution is 5.94. The van der Waals surface area contributed by atoms with Crippen molar-refractivity contribution in [2.75, 3.05) is 26.8 Å². The van der Waals surface area contributed by atoms with Crippen molar-refractivity contribution in [1.82, 2.24) is 10.6 Å². The molecule has 2 aliphatic rings. The Hall–Kier alpha value is -2.08. The zero-order valence-electron chi connectivity index (χ0n) is 16.0. The van der Waals surface area contributed by atoms with Gasteiger partial charge in [-0.15, -0.1) is 0 Å². The van der Waals surface area contributed by atoms with Crippen molar-refractivity contribution in [3.05, 3.63) is 29.8 Å². The number of piperidine rings is 1. The molecular formula is C21H30N2O4. The van der Waals surface area contributed by atoms with Crippen molar-refractivity contribution in [1.29, 1.82) is 0 Å². The first kappa shape index (κ1) is 19.7. The van der Waals surface area contributed by atoms with Gasteiger partial charge in [-0.2, -0.15) is 0 Å². The van der Waals surface area contributed by atoms with Crippen LogP contribution in [0.25, 0.3) is 0 Å². The summed E-state index contributed by atoms with van der Waals surface area (Å²) in [5, 5.41) is 6.44. The van der Waals surface area contributed by atoms with Gasteiger partial charge >= 0.3 is 5.97 Å². The fraction of sp³-hybridized carbons (Fsp3) is 0.619. The fourth-order valence-corrected chi connectivity index (χ4v) is 3.90. The SMILES string of the molecule is COC(=O)C1CCC(NC(=O)c2cccc(OCC3CCNCC3)c2)CC1. The minimum Gasteiger partial charge on any atom is -0.493 e. The molecule has 0 spiro atoms. The van der Waals surface area contributed by atoms with Crippen LogP contribution in [0.15, 0.2) is 24.3 Å². The van der Waals surface area contributed by atoms with E-state index in [0.29, 0.717) is 18.1 Å². The number of benzene rings is 1. The average Bonchev–Trinajstić information content (AvgIpc) is 2.73. The van der Waals surface area contributed by atoms with Crippen LogP contribution in [0.3, 0.4) is 0 Å². The van der Waals surface area contributed by atoms with Crippen LogP contribution in [0.2, 0.25) is 0 Å². The smallest absolute Gasteiger partial charge is 0.308 e. The molecule has 6 heteroatoms. The molecule has 6 nitrogen and oxygen atoms in total. The van der Waals surface area contributed by atoms with Gasteiger partial charge in [-0.25, -0.2) is 0 Å². The second kappa shape index (κ2) is 9.74. The number of methoxy groups -OCH3 is 1. The molecule has 0 unspecified atom stereocenters. The minimum atomic E-state index is -0.140. The third-order valence-corrected chi connectivity index (χ3v) is 5.64. The van der Waals surface area contributed by atoms with Gasteiger partial charge in [0.05, 0.1) is 19.6 Å². The van der Waals surface area contributed by atoms with E-state index in [0.717, 1.165) is 57.4 Å². The monoisotopic (exact) mass is 374 g/mol. The molecule has 1 aliphatic carbocycles. The maximum Gasteiger partial charge on any atom is 0.308 e. The Balaban J connectivity index is 1.48. The average molecular weight is 374 g/mol. The predicted octanol–water partition coefficient (Wildman–Crippen LogP) is 2.53. The highest BCUT2D eigenvalue weighted by atomic mass is 16.5. The highest BCUT2D eigenvalue weighted by Crippen LogP contribution is 2.25. The van der Waals surface area contributed by atoms with Gasteiger partial charge in [-0.05, 0) is 75.7 Å². The topological polar surface area (TPSA) is 76.7 Å². The quantitative estimate of drug-likeness (QED) is 0.749. The summed E-state index contributed by atoms with van der Waals surface area (Å²) in [6, 6.07) is 7.50. The van der Waals surface area contributed by atoms with Crippen LogP contribution in [0, 0.1) is 11.8 Å². The second-order valence-electron chi connectivity index (χ2n) is 7.58. The Labute approximate surface area is 161 Å². The summed E-state index contributed by atoms with van der Waals surface area (Å²) in [7, 11) is 1.43. The molecule has 1 aromatic rings. The maximum atomic E-state index is 12.6. The number of hydrogen-bond donors (Lipinski definition) is 2. The Kier molecular flexibility index (Phi) is 7.10. The predicted molar refractivity (Wildman–Crippen MR) is 103 cm³/mol. The summed E-state index contributed by atoms with van der Waals surface area (Å²) in [5.74, 6) is 1.07. The first-order valence-corrected chi connectivity index (χ1v) is 9.98. The molecule has 3 rings (SSSR count). The summed E-state index contributed by atoms with van der Waals surface area (Å²) in [6.45, 7) is 2.80. The number of ether oxygens (including phenoxy) is 2. The molecule has 0 bridgehead atoms. The molecule has 1 aliphatic heterocycles. The minimum absolute atomic E-state index is 0.0325. The van der Waals surface area contributed by atoms with Gasteiger partial charge in [0.1, 0.15) is 5.75 Å². The highest BCUT2D eigenvalue weighted by Gasteiger charge is 2.27. The van der Waals surface area contributed by atoms with Crippen LogP contribution >= 0.6 is 0 Å². The standard InChI is InChI=1S/C21H30N2O4/c1-26-21(25)16-5-7-18(8-6-16)23-20(24)17-3-2-4-19(13-17)27-14-15-9-11-22-12-10-15/h2-4,13,15-16,18,22H,5-12,14H2,1H3,(H,23,24). The molecular weight excluding hydrogens is 344 g/mol. The summed E-state index contributed by atoms with van der Waals surface area (Å²) < 4.78 is 10.7. The number of nitrogens with one attached hydrogen (secondary N) is 2. The van der Waals surface area contributed by atoms with Gasteiger partial charge in [0, 0.05) is 11.6 Å². The van der Waals surface area contributed by atoms with E-state index in [1.807, 2.05) is 24.3 Å². The van der Waals surface area contributed by atoms with Crippen molar-refractivity contribution >= 4 is 11.9 Å². The van der Waals surface area contributed by atoms with Gasteiger partial charge < -0.3 is 20.1 Å². The molecule has 148 valence electrons. The Morgan fingerprint density at radius 3 is 2.56 bits per heavy atom. The molecule has 1 aromatic carbocycles. The van der Waals surface area contributed by atoms with Crippen LogP contribution in [0.4, 0.5) is 0 Å². The van der Waals surface area contributed by atoms with Crippen LogP contribution in [0.5, 0.6) is 5.75 Å². The molecule has 2 N–H and O–H groups in total. The van der Waals surface area contributed by atoms with Gasteiger partial charge in [-0.3, -0.25) is 9.59 Å². The molecule has 1 heterocycles. The lowest BCUT2D eigenvalue weighted by Crippen LogP contribution is -2.38. The van der Waals surface area contributed by atoms with Crippen molar-refractivity contribution in [2.45, 2.75) is 44.6 Å². The summed E-state index contributed by atoms with van der Waals surface area (Å²) in [5.41, 5.74) is 0.618. The van der Waals surface area contributed by atoms with E-state index in [-0.39, 0.29) is 23.8 Å². The Morgan fingerprint density at radius 2 is 1.85 bits per heavy atom. The van der Waals surface area contributed by atoms with Gasteiger partial charge in [0.25, 0.3) is 5.91 Å². The Bertz CT molecular complexity index is 635. The zero-order valence-corrected chi connectivity index (χ0v) is 16.0. The lowest BCUT2D eigenvalue weighted by molar-refractivity contribution is -0.146. The van der Waals surface area contributed by atoms with Crippen LogP contribution < -0.4 is 15.4 Å².